The van der Waals surface area contributed by atoms with Crippen molar-refractivity contribution < 1.29 is 4.74 Å². The van der Waals surface area contributed by atoms with E-state index in [2.05, 4.69) is 24.3 Å². The topological polar surface area (TPSA) is 24.5 Å². The van der Waals surface area contributed by atoms with E-state index in [1.165, 1.54) is 38.5 Å². The summed E-state index contributed by atoms with van der Waals surface area (Å²) in [6, 6.07) is 0.596. The van der Waals surface area contributed by atoms with Crippen molar-refractivity contribution in [3.8, 4) is 0 Å². The first-order chi connectivity index (χ1) is 7.73. The highest BCUT2D eigenvalue weighted by Gasteiger charge is 2.34. The molecule has 0 spiro atoms. The summed E-state index contributed by atoms with van der Waals surface area (Å²) in [5.74, 6) is 0. The molecule has 0 aromatic rings. The van der Waals surface area contributed by atoms with Crippen LogP contribution in [0.4, 0.5) is 0 Å². The Balaban J connectivity index is 1.86. The van der Waals surface area contributed by atoms with Crippen LogP contribution in [0.25, 0.3) is 0 Å². The van der Waals surface area contributed by atoms with E-state index in [1.54, 1.807) is 0 Å². The fourth-order valence-corrected chi connectivity index (χ4v) is 3.02. The SMILES string of the molecule is CN(C)C1(CNC2CCOC2)CCCCC1. The molecule has 1 aliphatic carbocycles. The number of ether oxygens (including phenoxy) is 1. The molecule has 1 heterocycles. The molecule has 1 aliphatic heterocycles. The summed E-state index contributed by atoms with van der Waals surface area (Å²) in [4.78, 5) is 2.44. The highest BCUT2D eigenvalue weighted by molar-refractivity contribution is 4.93. The van der Waals surface area contributed by atoms with Gasteiger partial charge in [0.25, 0.3) is 0 Å². The fourth-order valence-electron chi connectivity index (χ4n) is 3.02. The van der Waals surface area contributed by atoms with Crippen LogP contribution in [-0.4, -0.2) is 50.3 Å². The minimum atomic E-state index is 0.404. The number of likely N-dealkylation sites (N-methyl/N-ethyl adjacent to an activating group) is 1. The normalized spacial score (nSPS) is 29.8. The number of nitrogens with one attached hydrogen (secondary N) is 1. The summed E-state index contributed by atoms with van der Waals surface area (Å²) in [6.07, 6.45) is 8.08. The second kappa shape index (κ2) is 5.48. The van der Waals surface area contributed by atoms with E-state index in [-0.39, 0.29) is 0 Å². The van der Waals surface area contributed by atoms with Gasteiger partial charge in [-0.3, -0.25) is 0 Å². The Labute approximate surface area is 99.5 Å². The maximum absolute atomic E-state index is 5.41. The van der Waals surface area contributed by atoms with Crippen molar-refractivity contribution in [3.05, 3.63) is 0 Å². The molecule has 0 amide bonds. The third-order valence-corrected chi connectivity index (χ3v) is 4.38. The van der Waals surface area contributed by atoms with E-state index in [0.29, 0.717) is 11.6 Å². The largest absolute Gasteiger partial charge is 0.380 e. The molecule has 1 atom stereocenters. The maximum Gasteiger partial charge on any atom is 0.0620 e. The van der Waals surface area contributed by atoms with Gasteiger partial charge in [-0.25, -0.2) is 0 Å². The van der Waals surface area contributed by atoms with Crippen LogP contribution in [-0.2, 0) is 4.74 Å². The summed E-state index contributed by atoms with van der Waals surface area (Å²) in [6.45, 7) is 2.98. The van der Waals surface area contributed by atoms with Gasteiger partial charge in [0, 0.05) is 24.7 Å². The minimum absolute atomic E-state index is 0.404. The molecule has 1 N–H and O–H groups in total. The van der Waals surface area contributed by atoms with Gasteiger partial charge in [-0.2, -0.15) is 0 Å². The molecular formula is C13H26N2O. The summed E-state index contributed by atoms with van der Waals surface area (Å²) in [5.41, 5.74) is 0.404. The molecule has 3 heteroatoms. The Bertz CT molecular complexity index is 206. The van der Waals surface area contributed by atoms with Crippen molar-refractivity contribution in [1.29, 1.82) is 0 Å². The van der Waals surface area contributed by atoms with Crippen molar-refractivity contribution in [2.45, 2.75) is 50.1 Å². The Morgan fingerprint density at radius 2 is 2.00 bits per heavy atom. The second-order valence-corrected chi connectivity index (χ2v) is 5.62. The molecule has 94 valence electrons. The monoisotopic (exact) mass is 226 g/mol. The Kier molecular flexibility index (Phi) is 4.22. The predicted octanol–water partition coefficient (Wildman–Crippen LogP) is 1.63. The summed E-state index contributed by atoms with van der Waals surface area (Å²) < 4.78 is 5.41. The van der Waals surface area contributed by atoms with Gasteiger partial charge in [0.1, 0.15) is 0 Å². The molecule has 2 fully saturated rings. The first-order valence-electron chi connectivity index (χ1n) is 6.71. The molecular weight excluding hydrogens is 200 g/mol. The van der Waals surface area contributed by atoms with Crippen LogP contribution < -0.4 is 5.32 Å². The second-order valence-electron chi connectivity index (χ2n) is 5.62. The van der Waals surface area contributed by atoms with Gasteiger partial charge in [-0.15, -0.1) is 0 Å². The van der Waals surface area contributed by atoms with E-state index >= 15 is 0 Å². The summed E-state index contributed by atoms with van der Waals surface area (Å²) in [5, 5.41) is 3.71. The zero-order valence-electron chi connectivity index (χ0n) is 10.8. The zero-order chi connectivity index (χ0) is 11.4. The van der Waals surface area contributed by atoms with E-state index in [0.717, 1.165) is 19.8 Å². The summed E-state index contributed by atoms with van der Waals surface area (Å²) >= 11 is 0. The van der Waals surface area contributed by atoms with Gasteiger partial charge in [-0.1, -0.05) is 19.3 Å². The van der Waals surface area contributed by atoms with Crippen LogP contribution in [0.15, 0.2) is 0 Å². The standard InChI is InChI=1S/C13H26N2O/c1-15(2)13(7-4-3-5-8-13)11-14-12-6-9-16-10-12/h12,14H,3-11H2,1-2H3. The number of hydrogen-bond donors (Lipinski definition) is 1. The molecule has 2 rings (SSSR count). The van der Waals surface area contributed by atoms with E-state index in [4.69, 9.17) is 4.74 Å². The third kappa shape index (κ3) is 2.76. The maximum atomic E-state index is 5.41. The average Bonchev–Trinajstić information content (AvgIpc) is 2.80. The predicted molar refractivity (Wildman–Crippen MR) is 66.7 cm³/mol. The smallest absolute Gasteiger partial charge is 0.0620 e. The molecule has 0 aromatic heterocycles. The van der Waals surface area contributed by atoms with Crippen LogP contribution in [0.3, 0.4) is 0 Å². The molecule has 0 bridgehead atoms. The Morgan fingerprint density at radius 3 is 2.56 bits per heavy atom. The fraction of sp³-hybridized carbons (Fsp3) is 1.00. The van der Waals surface area contributed by atoms with Crippen LogP contribution in [0.2, 0.25) is 0 Å². The lowest BCUT2D eigenvalue weighted by atomic mass is 9.80. The minimum Gasteiger partial charge on any atom is -0.380 e. The first kappa shape index (κ1) is 12.3. The highest BCUT2D eigenvalue weighted by atomic mass is 16.5. The Morgan fingerprint density at radius 1 is 1.25 bits per heavy atom. The zero-order valence-corrected chi connectivity index (χ0v) is 10.8. The molecule has 3 nitrogen and oxygen atoms in total. The van der Waals surface area contributed by atoms with E-state index < -0.39 is 0 Å². The average molecular weight is 226 g/mol. The molecule has 16 heavy (non-hydrogen) atoms. The van der Waals surface area contributed by atoms with Crippen LogP contribution in [0, 0.1) is 0 Å². The van der Waals surface area contributed by atoms with E-state index in [9.17, 15) is 0 Å². The molecule has 1 unspecified atom stereocenters. The van der Waals surface area contributed by atoms with Crippen LogP contribution >= 0.6 is 0 Å². The van der Waals surface area contributed by atoms with E-state index in [1.807, 2.05) is 0 Å². The Hall–Kier alpha value is -0.120. The van der Waals surface area contributed by atoms with Gasteiger partial charge in [0.05, 0.1) is 6.61 Å². The van der Waals surface area contributed by atoms with Crippen molar-refractivity contribution in [3.63, 3.8) is 0 Å². The number of rotatable bonds is 4. The highest BCUT2D eigenvalue weighted by Crippen LogP contribution is 2.31. The van der Waals surface area contributed by atoms with Gasteiger partial charge in [0.2, 0.25) is 0 Å². The van der Waals surface area contributed by atoms with Gasteiger partial charge >= 0.3 is 0 Å². The molecule has 0 aromatic carbocycles. The van der Waals surface area contributed by atoms with Crippen molar-refractivity contribution in [1.82, 2.24) is 10.2 Å². The van der Waals surface area contributed by atoms with Crippen molar-refractivity contribution in [2.75, 3.05) is 33.9 Å². The van der Waals surface area contributed by atoms with Crippen LogP contribution in [0.1, 0.15) is 38.5 Å². The van der Waals surface area contributed by atoms with Crippen LogP contribution in [0.5, 0.6) is 0 Å². The lowest BCUT2D eigenvalue weighted by Gasteiger charge is -2.43. The molecule has 1 saturated heterocycles. The number of hydrogen-bond acceptors (Lipinski definition) is 3. The molecule has 2 aliphatic rings. The van der Waals surface area contributed by atoms with Gasteiger partial charge in [0.15, 0.2) is 0 Å². The molecule has 0 radical (unpaired) electrons. The summed E-state index contributed by atoms with van der Waals surface area (Å²) in [7, 11) is 4.47. The lowest BCUT2D eigenvalue weighted by Crippen LogP contribution is -2.54. The lowest BCUT2D eigenvalue weighted by molar-refractivity contribution is 0.0937. The first-order valence-corrected chi connectivity index (χ1v) is 6.71. The van der Waals surface area contributed by atoms with Crippen molar-refractivity contribution in [2.24, 2.45) is 0 Å². The third-order valence-electron chi connectivity index (χ3n) is 4.38. The molecule has 1 saturated carbocycles. The quantitative estimate of drug-likeness (QED) is 0.788. The van der Waals surface area contributed by atoms with Gasteiger partial charge in [-0.05, 0) is 33.4 Å². The number of nitrogens with zero attached hydrogens (tertiary/aromatic N) is 1. The van der Waals surface area contributed by atoms with Crippen molar-refractivity contribution >= 4 is 0 Å². The van der Waals surface area contributed by atoms with Gasteiger partial charge < -0.3 is 15.0 Å².